The van der Waals surface area contributed by atoms with Gasteiger partial charge in [0.1, 0.15) is 0 Å². The maximum Gasteiger partial charge on any atom is 0.397 e. The van der Waals surface area contributed by atoms with Crippen molar-refractivity contribution in [2.24, 2.45) is 0 Å². The fourth-order valence-electron chi connectivity index (χ4n) is 1.39. The van der Waals surface area contributed by atoms with Crippen LogP contribution >= 0.6 is 0 Å². The molecule has 1 aromatic carbocycles. The third kappa shape index (κ3) is 7.43. The second kappa shape index (κ2) is 7.02. The molecule has 0 amide bonds. The third-order valence-electron chi connectivity index (χ3n) is 2.42. The average Bonchev–Trinajstić information content (AvgIpc) is 2.29. The fraction of sp³-hybridized carbons (Fsp3) is 0.455. The molecule has 0 fully saturated rings. The minimum Gasteiger partial charge on any atom is -0.384 e. The topological polar surface area (TPSA) is 110 Å². The van der Waals surface area contributed by atoms with Gasteiger partial charge in [-0.1, -0.05) is 17.7 Å². The number of sulfone groups is 1. The Balaban J connectivity index is 2.34. The highest BCUT2D eigenvalue weighted by Gasteiger charge is 2.13. The summed E-state index contributed by atoms with van der Waals surface area (Å²) in [5, 5.41) is 2.95. The van der Waals surface area contributed by atoms with Crippen LogP contribution in [0.15, 0.2) is 24.3 Å². The minimum absolute atomic E-state index is 0.157. The van der Waals surface area contributed by atoms with E-state index in [1.54, 1.807) is 0 Å². The quantitative estimate of drug-likeness (QED) is 0.676. The van der Waals surface area contributed by atoms with E-state index in [1.165, 1.54) is 0 Å². The van der Waals surface area contributed by atoms with Gasteiger partial charge in [-0.05, 0) is 19.1 Å². The highest BCUT2D eigenvalue weighted by molar-refractivity contribution is 7.91. The van der Waals surface area contributed by atoms with E-state index in [0.29, 0.717) is 0 Å². The van der Waals surface area contributed by atoms with Gasteiger partial charge in [-0.3, -0.25) is 4.55 Å². The van der Waals surface area contributed by atoms with Gasteiger partial charge in [0.15, 0.2) is 9.84 Å². The summed E-state index contributed by atoms with van der Waals surface area (Å²) in [6, 6.07) is 7.47. The van der Waals surface area contributed by atoms with Crippen LogP contribution in [-0.4, -0.2) is 46.0 Å². The molecule has 0 atom stereocenters. The van der Waals surface area contributed by atoms with Crippen LogP contribution in [0.4, 0.5) is 5.69 Å². The van der Waals surface area contributed by atoms with Crippen molar-refractivity contribution in [3.63, 3.8) is 0 Å². The maximum atomic E-state index is 11.6. The molecule has 1 aromatic rings. The Morgan fingerprint density at radius 2 is 1.70 bits per heavy atom. The summed E-state index contributed by atoms with van der Waals surface area (Å²) in [4.78, 5) is 0. The van der Waals surface area contributed by atoms with Crippen molar-refractivity contribution in [3.05, 3.63) is 29.8 Å². The number of hydrogen-bond acceptors (Lipinski definition) is 6. The molecule has 0 saturated carbocycles. The van der Waals surface area contributed by atoms with Crippen LogP contribution in [0.3, 0.4) is 0 Å². The Hall–Kier alpha value is -1.16. The van der Waals surface area contributed by atoms with Crippen LogP contribution in [0.5, 0.6) is 0 Å². The van der Waals surface area contributed by atoms with Crippen LogP contribution in [0, 0.1) is 6.92 Å². The van der Waals surface area contributed by atoms with Crippen LogP contribution in [0.2, 0.25) is 0 Å². The van der Waals surface area contributed by atoms with Crippen molar-refractivity contribution in [1.29, 1.82) is 0 Å². The summed E-state index contributed by atoms with van der Waals surface area (Å²) in [7, 11) is -8.04. The average molecular weight is 323 g/mol. The minimum atomic E-state index is -4.59. The lowest BCUT2D eigenvalue weighted by atomic mass is 10.2. The largest absolute Gasteiger partial charge is 0.397 e. The molecule has 0 aliphatic carbocycles. The molecule has 0 heterocycles. The van der Waals surface area contributed by atoms with Gasteiger partial charge in [0.25, 0.3) is 0 Å². The van der Waals surface area contributed by atoms with E-state index in [4.69, 9.17) is 4.55 Å². The standard InChI is InChI=1S/C11H17NO6S2/c1-10-2-4-11(5-3-10)12-6-8-19(13,14)9-7-18-20(15,16)17/h2-5,12H,6-9H2,1H3,(H,15,16,17). The number of aryl methyl sites for hydroxylation is 1. The van der Waals surface area contributed by atoms with Gasteiger partial charge in [0.2, 0.25) is 0 Å². The molecule has 9 heteroatoms. The summed E-state index contributed by atoms with van der Waals surface area (Å²) < 4.78 is 55.9. The Labute approximate surface area is 118 Å². The molecule has 0 aromatic heterocycles. The fourth-order valence-corrected chi connectivity index (χ4v) is 2.74. The van der Waals surface area contributed by atoms with Gasteiger partial charge in [0.05, 0.1) is 18.1 Å². The van der Waals surface area contributed by atoms with Gasteiger partial charge in [-0.2, -0.15) is 8.42 Å². The Bertz CT molecular complexity index is 621. The molecule has 0 spiro atoms. The summed E-state index contributed by atoms with van der Waals surface area (Å²) in [5.74, 6) is -0.627. The van der Waals surface area contributed by atoms with Crippen molar-refractivity contribution in [3.8, 4) is 0 Å². The number of benzene rings is 1. The highest BCUT2D eigenvalue weighted by atomic mass is 32.3. The van der Waals surface area contributed by atoms with Crippen molar-refractivity contribution in [2.75, 3.05) is 30.0 Å². The predicted octanol–water partition coefficient (Wildman–Crippen LogP) is 0.641. The normalized spacial score (nSPS) is 12.3. The first kappa shape index (κ1) is 16.9. The van der Waals surface area contributed by atoms with Crippen LogP contribution in [-0.2, 0) is 24.4 Å². The van der Waals surface area contributed by atoms with E-state index in [1.807, 2.05) is 31.2 Å². The molecule has 20 heavy (non-hydrogen) atoms. The van der Waals surface area contributed by atoms with E-state index >= 15 is 0 Å². The number of rotatable bonds is 8. The van der Waals surface area contributed by atoms with Crippen molar-refractivity contribution < 1.29 is 25.6 Å². The second-order valence-corrected chi connectivity index (χ2v) is 7.59. The van der Waals surface area contributed by atoms with Crippen molar-refractivity contribution in [1.82, 2.24) is 0 Å². The van der Waals surface area contributed by atoms with E-state index < -0.39 is 32.6 Å². The summed E-state index contributed by atoms with van der Waals surface area (Å²) in [6.45, 7) is 1.56. The first-order valence-electron chi connectivity index (χ1n) is 5.81. The van der Waals surface area contributed by atoms with Crippen LogP contribution < -0.4 is 5.32 Å². The van der Waals surface area contributed by atoms with Gasteiger partial charge in [0, 0.05) is 12.2 Å². The predicted molar refractivity (Wildman–Crippen MR) is 75.8 cm³/mol. The van der Waals surface area contributed by atoms with E-state index in [0.717, 1.165) is 11.3 Å². The van der Waals surface area contributed by atoms with Gasteiger partial charge < -0.3 is 5.32 Å². The molecule has 0 aliphatic heterocycles. The van der Waals surface area contributed by atoms with E-state index in [-0.39, 0.29) is 12.3 Å². The molecular formula is C11H17NO6S2. The smallest absolute Gasteiger partial charge is 0.384 e. The molecule has 114 valence electrons. The van der Waals surface area contributed by atoms with Gasteiger partial charge >= 0.3 is 10.4 Å². The maximum absolute atomic E-state index is 11.6. The first-order chi connectivity index (χ1) is 9.18. The van der Waals surface area contributed by atoms with E-state index in [2.05, 4.69) is 9.50 Å². The van der Waals surface area contributed by atoms with Crippen molar-refractivity contribution >= 4 is 25.9 Å². The molecule has 2 N–H and O–H groups in total. The summed E-state index contributed by atoms with van der Waals surface area (Å²) in [6.07, 6.45) is 0. The SMILES string of the molecule is Cc1ccc(NCCS(=O)(=O)CCOS(=O)(=O)O)cc1. The van der Waals surface area contributed by atoms with E-state index in [9.17, 15) is 16.8 Å². The lowest BCUT2D eigenvalue weighted by Crippen LogP contribution is -2.22. The zero-order valence-corrected chi connectivity index (χ0v) is 12.6. The first-order valence-corrected chi connectivity index (χ1v) is 8.99. The molecule has 0 bridgehead atoms. The van der Waals surface area contributed by atoms with Crippen LogP contribution in [0.25, 0.3) is 0 Å². The zero-order chi connectivity index (χ0) is 15.2. The monoisotopic (exact) mass is 323 g/mol. The summed E-state index contributed by atoms with van der Waals surface area (Å²) in [5.41, 5.74) is 1.91. The molecule has 0 radical (unpaired) electrons. The molecule has 0 unspecified atom stereocenters. The number of hydrogen-bond donors (Lipinski definition) is 2. The van der Waals surface area contributed by atoms with Gasteiger partial charge in [-0.25, -0.2) is 12.6 Å². The number of anilines is 1. The molecule has 1 rings (SSSR count). The highest BCUT2D eigenvalue weighted by Crippen LogP contribution is 2.08. The van der Waals surface area contributed by atoms with Crippen LogP contribution in [0.1, 0.15) is 5.56 Å². The van der Waals surface area contributed by atoms with Crippen molar-refractivity contribution in [2.45, 2.75) is 6.92 Å². The second-order valence-electron chi connectivity index (χ2n) is 4.19. The Morgan fingerprint density at radius 1 is 1.10 bits per heavy atom. The molecule has 0 saturated heterocycles. The molecular weight excluding hydrogens is 306 g/mol. The van der Waals surface area contributed by atoms with Gasteiger partial charge in [-0.15, -0.1) is 0 Å². The Kier molecular flexibility index (Phi) is 5.93. The number of nitrogens with one attached hydrogen (secondary N) is 1. The Morgan fingerprint density at radius 3 is 2.25 bits per heavy atom. The lowest BCUT2D eigenvalue weighted by Gasteiger charge is -2.07. The third-order valence-corrected chi connectivity index (χ3v) is 4.50. The lowest BCUT2D eigenvalue weighted by molar-refractivity contribution is 0.284. The summed E-state index contributed by atoms with van der Waals surface area (Å²) >= 11 is 0. The molecule has 7 nitrogen and oxygen atoms in total. The zero-order valence-electron chi connectivity index (χ0n) is 10.9. The molecule has 0 aliphatic rings.